The van der Waals surface area contributed by atoms with Gasteiger partial charge in [0.05, 0.1) is 12.4 Å². The molecule has 0 aromatic carbocycles. The van der Waals surface area contributed by atoms with Gasteiger partial charge in [-0.1, -0.05) is 0 Å². The minimum absolute atomic E-state index is 0.154. The van der Waals surface area contributed by atoms with Gasteiger partial charge in [0.2, 0.25) is 5.91 Å². The molecule has 1 saturated heterocycles. The predicted molar refractivity (Wildman–Crippen MR) is 77.5 cm³/mol. The van der Waals surface area contributed by atoms with Gasteiger partial charge < -0.3 is 9.80 Å². The second-order valence-electron chi connectivity index (χ2n) is 5.77. The van der Waals surface area contributed by atoms with Gasteiger partial charge in [-0.05, 0) is 25.7 Å². The van der Waals surface area contributed by atoms with Crippen molar-refractivity contribution in [1.29, 1.82) is 5.26 Å². The van der Waals surface area contributed by atoms with Crippen LogP contribution in [0.3, 0.4) is 0 Å². The smallest absolute Gasteiger partial charge is 0.219 e. The molecule has 0 bridgehead atoms. The lowest BCUT2D eigenvalue weighted by atomic mass is 10.2. The van der Waals surface area contributed by atoms with E-state index in [1.54, 1.807) is 13.1 Å². The second kappa shape index (κ2) is 5.68. The summed E-state index contributed by atoms with van der Waals surface area (Å²) in [6.45, 7) is 3.30. The first-order valence-electron chi connectivity index (χ1n) is 7.45. The monoisotopic (exact) mass is 285 g/mol. The summed E-state index contributed by atoms with van der Waals surface area (Å²) in [5, 5.41) is 8.95. The van der Waals surface area contributed by atoms with Crippen LogP contribution in [-0.4, -0.2) is 45.9 Å². The largest absolute Gasteiger partial charge is 0.351 e. The highest BCUT2D eigenvalue weighted by molar-refractivity contribution is 5.74. The third-order valence-corrected chi connectivity index (χ3v) is 4.21. The molecular formula is C15H19N5O. The Morgan fingerprint density at radius 1 is 1.48 bits per heavy atom. The van der Waals surface area contributed by atoms with E-state index in [0.717, 1.165) is 44.6 Å². The number of nitriles is 1. The zero-order valence-electron chi connectivity index (χ0n) is 12.2. The second-order valence-corrected chi connectivity index (χ2v) is 5.77. The van der Waals surface area contributed by atoms with Gasteiger partial charge in [0, 0.05) is 32.1 Å². The van der Waals surface area contributed by atoms with Gasteiger partial charge >= 0.3 is 0 Å². The fraction of sp³-hybridized carbons (Fsp3) is 0.600. The maximum absolute atomic E-state index is 11.8. The van der Waals surface area contributed by atoms with Gasteiger partial charge in [0.25, 0.3) is 0 Å². The van der Waals surface area contributed by atoms with E-state index >= 15 is 0 Å². The van der Waals surface area contributed by atoms with Crippen LogP contribution >= 0.6 is 0 Å². The maximum atomic E-state index is 11.8. The van der Waals surface area contributed by atoms with Gasteiger partial charge in [-0.15, -0.1) is 0 Å². The van der Waals surface area contributed by atoms with Gasteiger partial charge in [-0.2, -0.15) is 5.26 Å². The van der Waals surface area contributed by atoms with E-state index in [4.69, 9.17) is 5.26 Å². The summed E-state index contributed by atoms with van der Waals surface area (Å²) in [6.07, 6.45) is 7.55. The Bertz CT molecular complexity index is 578. The molecule has 0 radical (unpaired) electrons. The maximum Gasteiger partial charge on any atom is 0.219 e. The zero-order valence-corrected chi connectivity index (χ0v) is 12.2. The molecule has 1 aliphatic carbocycles. The Hall–Kier alpha value is -2.16. The summed E-state index contributed by atoms with van der Waals surface area (Å²) < 4.78 is 0. The summed E-state index contributed by atoms with van der Waals surface area (Å²) in [5.41, 5.74) is 0.337. The minimum Gasteiger partial charge on any atom is -0.351 e. The third-order valence-electron chi connectivity index (χ3n) is 4.21. The number of amides is 1. The van der Waals surface area contributed by atoms with Crippen LogP contribution in [0.25, 0.3) is 0 Å². The van der Waals surface area contributed by atoms with E-state index in [0.29, 0.717) is 11.7 Å². The van der Waals surface area contributed by atoms with Crippen LogP contribution in [0.5, 0.6) is 0 Å². The van der Waals surface area contributed by atoms with Gasteiger partial charge in [-0.3, -0.25) is 9.78 Å². The molecule has 6 heteroatoms. The van der Waals surface area contributed by atoms with Crippen LogP contribution in [0, 0.1) is 11.3 Å². The van der Waals surface area contributed by atoms with E-state index in [1.165, 1.54) is 6.20 Å². The van der Waals surface area contributed by atoms with Crippen molar-refractivity contribution in [2.45, 2.75) is 44.7 Å². The molecule has 1 aromatic rings. The van der Waals surface area contributed by atoms with Crippen LogP contribution < -0.4 is 4.90 Å². The number of hydrogen-bond acceptors (Lipinski definition) is 5. The molecule has 3 rings (SSSR count). The van der Waals surface area contributed by atoms with E-state index < -0.39 is 0 Å². The Labute approximate surface area is 124 Å². The summed E-state index contributed by atoms with van der Waals surface area (Å²) in [6, 6.07) is 2.74. The fourth-order valence-electron chi connectivity index (χ4n) is 3.02. The molecule has 1 amide bonds. The number of anilines is 1. The highest BCUT2D eigenvalue weighted by atomic mass is 16.2. The standard InChI is InChI=1S/C15H19N5O/c1-11(21)20(13-4-5-13)10-14-3-2-6-19(14)15-9-17-8-12(7-16)18-15/h8-9,13-14H,2-6,10H2,1H3/t14-/m0/s1. The fourth-order valence-corrected chi connectivity index (χ4v) is 3.02. The van der Waals surface area contributed by atoms with Crippen molar-refractivity contribution in [3.05, 3.63) is 18.1 Å². The first-order valence-corrected chi connectivity index (χ1v) is 7.45. The Kier molecular flexibility index (Phi) is 3.74. The van der Waals surface area contributed by atoms with Crippen molar-refractivity contribution in [1.82, 2.24) is 14.9 Å². The van der Waals surface area contributed by atoms with Crippen molar-refractivity contribution in [3.63, 3.8) is 0 Å². The summed E-state index contributed by atoms with van der Waals surface area (Å²) in [5.74, 6) is 0.900. The lowest BCUT2D eigenvalue weighted by Gasteiger charge is -2.31. The van der Waals surface area contributed by atoms with Crippen LogP contribution in [0.4, 0.5) is 5.82 Å². The third kappa shape index (κ3) is 2.97. The van der Waals surface area contributed by atoms with E-state index in [-0.39, 0.29) is 11.9 Å². The Morgan fingerprint density at radius 3 is 2.95 bits per heavy atom. The lowest BCUT2D eigenvalue weighted by molar-refractivity contribution is -0.129. The summed E-state index contributed by atoms with van der Waals surface area (Å²) in [4.78, 5) is 24.4. The molecule has 0 N–H and O–H groups in total. The molecular weight excluding hydrogens is 266 g/mol. The number of hydrogen-bond donors (Lipinski definition) is 0. The molecule has 0 spiro atoms. The lowest BCUT2D eigenvalue weighted by Crippen LogP contribution is -2.43. The number of carbonyl (C=O) groups excluding carboxylic acids is 1. The topological polar surface area (TPSA) is 73.1 Å². The molecule has 21 heavy (non-hydrogen) atoms. The SMILES string of the molecule is CC(=O)N(C[C@@H]1CCCN1c1cncc(C#N)n1)C1CC1. The summed E-state index contributed by atoms with van der Waals surface area (Å²) in [7, 11) is 0. The molecule has 6 nitrogen and oxygen atoms in total. The number of rotatable bonds is 4. The van der Waals surface area contributed by atoms with Crippen LogP contribution in [-0.2, 0) is 4.79 Å². The van der Waals surface area contributed by atoms with Gasteiger partial charge in [0.1, 0.15) is 11.9 Å². The molecule has 1 saturated carbocycles. The highest BCUT2D eigenvalue weighted by Crippen LogP contribution is 2.30. The first kappa shape index (κ1) is 13.8. The van der Waals surface area contributed by atoms with Crippen molar-refractivity contribution in [2.24, 2.45) is 0 Å². The minimum atomic E-state index is 0.154. The average molecular weight is 285 g/mol. The molecule has 1 aliphatic heterocycles. The van der Waals surface area contributed by atoms with E-state index in [1.807, 2.05) is 11.0 Å². The quantitative estimate of drug-likeness (QED) is 0.834. The molecule has 2 aliphatic rings. The molecule has 1 aromatic heterocycles. The molecule has 1 atom stereocenters. The van der Waals surface area contributed by atoms with Crippen molar-refractivity contribution in [2.75, 3.05) is 18.0 Å². The van der Waals surface area contributed by atoms with Crippen molar-refractivity contribution in [3.8, 4) is 6.07 Å². The zero-order chi connectivity index (χ0) is 14.8. The molecule has 0 unspecified atom stereocenters. The van der Waals surface area contributed by atoms with E-state index in [2.05, 4.69) is 14.9 Å². The first-order chi connectivity index (χ1) is 10.2. The summed E-state index contributed by atoms with van der Waals surface area (Å²) >= 11 is 0. The van der Waals surface area contributed by atoms with Crippen LogP contribution in [0.2, 0.25) is 0 Å². The molecule has 110 valence electrons. The average Bonchev–Trinajstić information content (AvgIpc) is 3.22. The van der Waals surface area contributed by atoms with Gasteiger partial charge in [-0.25, -0.2) is 4.98 Å². The molecule has 2 heterocycles. The van der Waals surface area contributed by atoms with E-state index in [9.17, 15) is 4.79 Å². The normalized spacial score (nSPS) is 21.1. The van der Waals surface area contributed by atoms with Crippen LogP contribution in [0.1, 0.15) is 38.3 Å². The number of carbonyl (C=O) groups is 1. The van der Waals surface area contributed by atoms with Crippen LogP contribution in [0.15, 0.2) is 12.4 Å². The Morgan fingerprint density at radius 2 is 2.29 bits per heavy atom. The Balaban J connectivity index is 1.75. The number of aromatic nitrogens is 2. The highest BCUT2D eigenvalue weighted by Gasteiger charge is 2.35. The van der Waals surface area contributed by atoms with Crippen molar-refractivity contribution >= 4 is 11.7 Å². The number of nitrogens with zero attached hydrogens (tertiary/aromatic N) is 5. The molecule has 2 fully saturated rings. The predicted octanol–water partition coefficient (Wildman–Crippen LogP) is 1.33. The van der Waals surface area contributed by atoms with Crippen molar-refractivity contribution < 1.29 is 4.79 Å². The van der Waals surface area contributed by atoms with Gasteiger partial charge in [0.15, 0.2) is 5.69 Å².